The number of phenols is 1. The van der Waals surface area contributed by atoms with Crippen LogP contribution in [0.2, 0.25) is 0 Å². The molecule has 0 radical (unpaired) electrons. The van der Waals surface area contributed by atoms with Crippen molar-refractivity contribution >= 4 is 39.2 Å². The van der Waals surface area contributed by atoms with Crippen LogP contribution in [0.5, 0.6) is 23.0 Å². The smallest absolute Gasteiger partial charge is 0.150 e. The van der Waals surface area contributed by atoms with E-state index in [1.54, 1.807) is 48.5 Å². The lowest BCUT2D eigenvalue weighted by Gasteiger charge is -2.10. The molecule has 0 spiro atoms. The maximum atomic E-state index is 10.7. The number of benzene rings is 4. The van der Waals surface area contributed by atoms with Crippen LogP contribution in [0, 0.1) is 6.92 Å². The number of aryl methyl sites for hydroxylation is 1. The third-order valence-electron chi connectivity index (χ3n) is 5.53. The van der Waals surface area contributed by atoms with Crippen molar-refractivity contribution in [3.05, 3.63) is 66.2 Å². The summed E-state index contributed by atoms with van der Waals surface area (Å²) >= 11 is 0. The summed E-state index contributed by atoms with van der Waals surface area (Å²) in [5, 5.41) is 38.2. The van der Waals surface area contributed by atoms with E-state index >= 15 is 0 Å². The molecule has 4 aromatic carbocycles. The van der Waals surface area contributed by atoms with Gasteiger partial charge in [-0.05, 0) is 60.3 Å². The summed E-state index contributed by atoms with van der Waals surface area (Å²) in [5.74, 6) is 1.45. The van der Waals surface area contributed by atoms with Gasteiger partial charge in [0.25, 0.3) is 0 Å². The first-order valence-corrected chi connectivity index (χ1v) is 11.4. The molecule has 0 unspecified atom stereocenters. The van der Waals surface area contributed by atoms with E-state index in [0.717, 1.165) is 10.9 Å². The van der Waals surface area contributed by atoms with Gasteiger partial charge in [-0.25, -0.2) is 0 Å². The van der Waals surface area contributed by atoms with Gasteiger partial charge in [0.2, 0.25) is 0 Å². The van der Waals surface area contributed by atoms with Gasteiger partial charge >= 0.3 is 0 Å². The van der Waals surface area contributed by atoms with Gasteiger partial charge < -0.3 is 30.2 Å². The predicted octanol–water partition coefficient (Wildman–Crippen LogP) is 6.66. The maximum absolute atomic E-state index is 10.7. The van der Waals surface area contributed by atoms with Gasteiger partial charge in [0.05, 0.1) is 26.5 Å². The number of methoxy groups -OCH3 is 2. The van der Waals surface area contributed by atoms with Crippen molar-refractivity contribution < 1.29 is 24.4 Å². The lowest BCUT2D eigenvalue weighted by atomic mass is 10.1. The molecule has 0 fully saturated rings. The van der Waals surface area contributed by atoms with E-state index < -0.39 is 0 Å². The van der Waals surface area contributed by atoms with Crippen LogP contribution in [0.1, 0.15) is 5.56 Å². The Morgan fingerprint density at radius 2 is 1.38 bits per heavy atom. The molecule has 190 valence electrons. The fraction of sp³-hybridized carbons (Fsp3) is 0.185. The molecule has 0 saturated carbocycles. The molecule has 0 amide bonds. The Morgan fingerprint density at radius 1 is 0.757 bits per heavy atom. The summed E-state index contributed by atoms with van der Waals surface area (Å²) in [6.07, 6.45) is 0. The number of aromatic hydroxyl groups is 1. The third-order valence-corrected chi connectivity index (χ3v) is 5.53. The number of fused-ring (bicyclic) bond motifs is 1. The molecule has 37 heavy (non-hydrogen) atoms. The third kappa shape index (κ3) is 5.76. The van der Waals surface area contributed by atoms with Crippen LogP contribution in [0.25, 0.3) is 10.8 Å². The number of azo groups is 2. The minimum Gasteiger partial charge on any atom is -0.505 e. The van der Waals surface area contributed by atoms with Crippen molar-refractivity contribution in [2.75, 3.05) is 33.2 Å². The van der Waals surface area contributed by atoms with Gasteiger partial charge in [-0.15, -0.1) is 15.3 Å². The summed E-state index contributed by atoms with van der Waals surface area (Å²) in [5.41, 5.74) is 9.05. The zero-order valence-electron chi connectivity index (χ0n) is 20.7. The first-order valence-electron chi connectivity index (χ1n) is 11.4. The van der Waals surface area contributed by atoms with Gasteiger partial charge in [0.15, 0.2) is 5.75 Å². The highest BCUT2D eigenvalue weighted by Gasteiger charge is 2.13. The van der Waals surface area contributed by atoms with Crippen LogP contribution in [-0.4, -0.2) is 37.6 Å². The quantitative estimate of drug-likeness (QED) is 0.173. The van der Waals surface area contributed by atoms with Gasteiger partial charge in [0, 0.05) is 23.2 Å². The number of hydrogen-bond donors (Lipinski definition) is 3. The number of aliphatic hydroxyl groups is 1. The van der Waals surface area contributed by atoms with Crippen molar-refractivity contribution in [2.45, 2.75) is 6.92 Å². The highest BCUT2D eigenvalue weighted by Crippen LogP contribution is 2.42. The number of nitrogen functional groups attached to an aromatic ring is 1. The Bertz CT molecular complexity index is 1490. The molecule has 0 aliphatic carbocycles. The standard InChI is InChI=1S/C27H27N5O5/c1-16-12-19(37-11-10-33)6-9-21(16)29-31-23-14-26(36-3)24(15-25(23)35-2)32-30-22-8-4-17-13-18(28)5-7-20(17)27(22)34/h4-9,12-15,33-34H,10-11,28H2,1-3H3. The first kappa shape index (κ1) is 25.4. The fourth-order valence-electron chi connectivity index (χ4n) is 3.63. The second-order valence-corrected chi connectivity index (χ2v) is 8.03. The number of phenolic OH excluding ortho intramolecular Hbond substituents is 1. The average Bonchev–Trinajstić information content (AvgIpc) is 2.90. The van der Waals surface area contributed by atoms with Crippen LogP contribution in [-0.2, 0) is 0 Å². The maximum Gasteiger partial charge on any atom is 0.150 e. The number of nitrogens with two attached hydrogens (primary N) is 1. The second kappa shape index (κ2) is 11.4. The molecular formula is C27H27N5O5. The minimum atomic E-state index is -0.0589. The van der Waals surface area contributed by atoms with Gasteiger partial charge in [-0.3, -0.25) is 0 Å². The highest BCUT2D eigenvalue weighted by atomic mass is 16.5. The molecule has 0 saturated heterocycles. The minimum absolute atomic E-state index is 0.000696. The van der Waals surface area contributed by atoms with Crippen LogP contribution in [0.4, 0.5) is 28.4 Å². The summed E-state index contributed by atoms with van der Waals surface area (Å²) in [4.78, 5) is 0. The lowest BCUT2D eigenvalue weighted by molar-refractivity contribution is 0.201. The van der Waals surface area contributed by atoms with Crippen LogP contribution in [0.3, 0.4) is 0 Å². The van der Waals surface area contributed by atoms with E-state index in [4.69, 9.17) is 25.1 Å². The number of anilines is 1. The van der Waals surface area contributed by atoms with Crippen molar-refractivity contribution in [3.63, 3.8) is 0 Å². The van der Waals surface area contributed by atoms with E-state index in [-0.39, 0.29) is 19.0 Å². The number of rotatable bonds is 9. The van der Waals surface area contributed by atoms with E-state index in [9.17, 15) is 5.11 Å². The number of aliphatic hydroxyl groups excluding tert-OH is 1. The van der Waals surface area contributed by atoms with E-state index in [1.165, 1.54) is 14.2 Å². The molecule has 0 aromatic heterocycles. The van der Waals surface area contributed by atoms with E-state index in [1.807, 2.05) is 19.1 Å². The molecule has 0 heterocycles. The summed E-state index contributed by atoms with van der Waals surface area (Å²) in [6.45, 7) is 2.05. The molecule has 0 aliphatic rings. The van der Waals surface area contributed by atoms with Crippen molar-refractivity contribution in [2.24, 2.45) is 20.5 Å². The fourth-order valence-corrected chi connectivity index (χ4v) is 3.63. The molecule has 10 heteroatoms. The Morgan fingerprint density at radius 3 is 2.00 bits per heavy atom. The molecule has 0 atom stereocenters. The largest absolute Gasteiger partial charge is 0.505 e. The SMILES string of the molecule is COc1cc(N=Nc2ccc3cc(N)ccc3c2O)c(OC)cc1N=Nc1ccc(OCCO)cc1C. The van der Waals surface area contributed by atoms with Crippen molar-refractivity contribution in [1.82, 2.24) is 0 Å². The Hall–Kier alpha value is -4.70. The van der Waals surface area contributed by atoms with Crippen molar-refractivity contribution in [3.8, 4) is 23.0 Å². The first-order chi connectivity index (χ1) is 17.9. The molecule has 0 bridgehead atoms. The van der Waals surface area contributed by atoms with Crippen LogP contribution >= 0.6 is 0 Å². The molecule has 4 aromatic rings. The normalized spacial score (nSPS) is 11.5. The highest BCUT2D eigenvalue weighted by molar-refractivity contribution is 5.94. The summed E-state index contributed by atoms with van der Waals surface area (Å²) in [6, 6.07) is 17.3. The predicted molar refractivity (Wildman–Crippen MR) is 142 cm³/mol. The summed E-state index contributed by atoms with van der Waals surface area (Å²) in [7, 11) is 3.02. The Labute approximate surface area is 213 Å². The number of ether oxygens (including phenoxy) is 3. The lowest BCUT2D eigenvalue weighted by Crippen LogP contribution is -2.01. The zero-order valence-corrected chi connectivity index (χ0v) is 20.7. The molecular weight excluding hydrogens is 474 g/mol. The monoisotopic (exact) mass is 501 g/mol. The Kier molecular flexibility index (Phi) is 7.80. The molecule has 0 aliphatic heterocycles. The summed E-state index contributed by atoms with van der Waals surface area (Å²) < 4.78 is 16.4. The second-order valence-electron chi connectivity index (χ2n) is 8.03. The number of nitrogens with zero attached hydrogens (tertiary/aromatic N) is 4. The van der Waals surface area contributed by atoms with Gasteiger partial charge in [-0.2, -0.15) is 5.11 Å². The van der Waals surface area contributed by atoms with Gasteiger partial charge in [-0.1, -0.05) is 6.07 Å². The average molecular weight is 502 g/mol. The number of hydrogen-bond acceptors (Lipinski definition) is 10. The topological polar surface area (TPSA) is 144 Å². The van der Waals surface area contributed by atoms with E-state index in [2.05, 4.69) is 20.5 Å². The molecule has 10 nitrogen and oxygen atoms in total. The van der Waals surface area contributed by atoms with E-state index in [0.29, 0.717) is 51.1 Å². The Balaban J connectivity index is 1.62. The van der Waals surface area contributed by atoms with Crippen LogP contribution < -0.4 is 19.9 Å². The van der Waals surface area contributed by atoms with Crippen LogP contribution in [0.15, 0.2) is 81.1 Å². The van der Waals surface area contributed by atoms with Crippen molar-refractivity contribution in [1.29, 1.82) is 0 Å². The van der Waals surface area contributed by atoms with Gasteiger partial charge in [0.1, 0.15) is 40.9 Å². The zero-order chi connectivity index (χ0) is 26.4. The molecule has 4 rings (SSSR count). The molecule has 4 N–H and O–H groups in total.